The van der Waals surface area contributed by atoms with E-state index in [1.54, 1.807) is 0 Å². The van der Waals surface area contributed by atoms with Gasteiger partial charge in [-0.05, 0) is 31.7 Å². The molecule has 1 unspecified atom stereocenters. The van der Waals surface area contributed by atoms with Gasteiger partial charge in [0.25, 0.3) is 0 Å². The molecule has 0 amide bonds. The molecular formula is C13H21N3O. The van der Waals surface area contributed by atoms with Crippen molar-refractivity contribution in [3.05, 3.63) is 18.0 Å². The molecule has 0 spiro atoms. The number of aliphatic hydroxyl groups is 1. The molecule has 1 N–H and O–H groups in total. The highest BCUT2D eigenvalue weighted by atomic mass is 16.3. The van der Waals surface area contributed by atoms with E-state index in [0.29, 0.717) is 0 Å². The van der Waals surface area contributed by atoms with Crippen LogP contribution in [0.1, 0.15) is 38.3 Å². The molecule has 0 aromatic carbocycles. The Morgan fingerprint density at radius 1 is 1.53 bits per heavy atom. The monoisotopic (exact) mass is 235 g/mol. The Morgan fingerprint density at radius 2 is 2.35 bits per heavy atom. The van der Waals surface area contributed by atoms with Crippen LogP contribution >= 0.6 is 0 Å². The van der Waals surface area contributed by atoms with Crippen molar-refractivity contribution in [3.63, 3.8) is 0 Å². The largest absolute Gasteiger partial charge is 0.382 e. The van der Waals surface area contributed by atoms with Crippen LogP contribution in [0.2, 0.25) is 0 Å². The third-order valence-corrected chi connectivity index (χ3v) is 3.97. The van der Waals surface area contributed by atoms with E-state index >= 15 is 0 Å². The molecule has 94 valence electrons. The van der Waals surface area contributed by atoms with Crippen LogP contribution in [0.4, 0.5) is 0 Å². The molecular weight excluding hydrogens is 214 g/mol. The topological polar surface area (TPSA) is 41.3 Å². The average molecular weight is 235 g/mol. The van der Waals surface area contributed by atoms with Crippen LogP contribution in [-0.2, 0) is 12.1 Å². The molecule has 2 heterocycles. The first-order valence-corrected chi connectivity index (χ1v) is 6.72. The summed E-state index contributed by atoms with van der Waals surface area (Å²) in [6.45, 7) is 4.85. The first-order valence-electron chi connectivity index (χ1n) is 6.72. The standard InChI is InChI=1S/C13H21N3O/c1-2-8-16-12(5-7-14-16)13(17)6-9-15(10-13)11-3-4-11/h5,7,11,17H,2-4,6,8-10H2,1H3. The summed E-state index contributed by atoms with van der Waals surface area (Å²) < 4.78 is 1.97. The molecule has 1 atom stereocenters. The lowest BCUT2D eigenvalue weighted by Crippen LogP contribution is -2.34. The minimum atomic E-state index is -0.672. The Bertz CT molecular complexity index is 399. The number of hydrogen-bond donors (Lipinski definition) is 1. The van der Waals surface area contributed by atoms with Gasteiger partial charge in [-0.2, -0.15) is 5.10 Å². The van der Waals surface area contributed by atoms with Gasteiger partial charge in [-0.15, -0.1) is 0 Å². The summed E-state index contributed by atoms with van der Waals surface area (Å²) in [7, 11) is 0. The van der Waals surface area contributed by atoms with Crippen LogP contribution in [0.5, 0.6) is 0 Å². The molecule has 1 aromatic heterocycles. The van der Waals surface area contributed by atoms with Crippen molar-refractivity contribution in [1.82, 2.24) is 14.7 Å². The van der Waals surface area contributed by atoms with Gasteiger partial charge in [-0.3, -0.25) is 9.58 Å². The Hall–Kier alpha value is -0.870. The lowest BCUT2D eigenvalue weighted by molar-refractivity contribution is 0.0360. The predicted octanol–water partition coefficient (Wildman–Crippen LogP) is 1.35. The minimum Gasteiger partial charge on any atom is -0.382 e. The quantitative estimate of drug-likeness (QED) is 0.856. The average Bonchev–Trinajstić information content (AvgIpc) is 2.92. The van der Waals surface area contributed by atoms with Gasteiger partial charge in [-0.25, -0.2) is 0 Å². The number of hydrogen-bond acceptors (Lipinski definition) is 3. The summed E-state index contributed by atoms with van der Waals surface area (Å²) in [5, 5.41) is 15.1. The van der Waals surface area contributed by atoms with Crippen LogP contribution in [0.15, 0.2) is 12.3 Å². The summed E-state index contributed by atoms with van der Waals surface area (Å²) >= 11 is 0. The smallest absolute Gasteiger partial charge is 0.120 e. The number of likely N-dealkylation sites (tertiary alicyclic amines) is 1. The summed E-state index contributed by atoms with van der Waals surface area (Å²) in [5.41, 5.74) is 0.330. The normalized spacial score (nSPS) is 30.0. The number of rotatable bonds is 4. The molecule has 0 bridgehead atoms. The van der Waals surface area contributed by atoms with Crippen molar-refractivity contribution in [2.45, 2.75) is 50.8 Å². The molecule has 1 aromatic rings. The van der Waals surface area contributed by atoms with Crippen molar-refractivity contribution in [2.75, 3.05) is 13.1 Å². The Kier molecular flexibility index (Phi) is 2.71. The number of β-amino-alcohol motifs (C(OH)–C–C–N with tert-alkyl or cyclic N) is 1. The van der Waals surface area contributed by atoms with Crippen LogP contribution in [0, 0.1) is 0 Å². The van der Waals surface area contributed by atoms with E-state index in [-0.39, 0.29) is 0 Å². The highest BCUT2D eigenvalue weighted by Crippen LogP contribution is 2.38. The third kappa shape index (κ3) is 2.00. The fourth-order valence-corrected chi connectivity index (χ4v) is 2.90. The van der Waals surface area contributed by atoms with Crippen molar-refractivity contribution in [1.29, 1.82) is 0 Å². The first-order chi connectivity index (χ1) is 8.23. The Labute approximate surface area is 102 Å². The first kappa shape index (κ1) is 11.2. The van der Waals surface area contributed by atoms with E-state index in [0.717, 1.165) is 44.2 Å². The highest BCUT2D eigenvalue weighted by Gasteiger charge is 2.44. The highest BCUT2D eigenvalue weighted by molar-refractivity contribution is 5.16. The van der Waals surface area contributed by atoms with Crippen molar-refractivity contribution in [3.8, 4) is 0 Å². The summed E-state index contributed by atoms with van der Waals surface area (Å²) in [4.78, 5) is 2.43. The van der Waals surface area contributed by atoms with Gasteiger partial charge in [0.2, 0.25) is 0 Å². The fraction of sp³-hybridized carbons (Fsp3) is 0.769. The third-order valence-electron chi connectivity index (χ3n) is 3.97. The number of nitrogens with zero attached hydrogens (tertiary/aromatic N) is 3. The SMILES string of the molecule is CCCn1nccc1C1(O)CCN(C2CC2)C1. The maximum atomic E-state index is 10.8. The molecule has 0 radical (unpaired) electrons. The molecule has 1 aliphatic carbocycles. The molecule has 3 rings (SSSR count). The Balaban J connectivity index is 1.79. The van der Waals surface area contributed by atoms with Gasteiger partial charge in [0, 0.05) is 31.9 Å². The van der Waals surface area contributed by atoms with Crippen molar-refractivity contribution < 1.29 is 5.11 Å². The number of aromatic nitrogens is 2. The van der Waals surface area contributed by atoms with Gasteiger partial charge in [-0.1, -0.05) is 6.92 Å². The molecule has 17 heavy (non-hydrogen) atoms. The van der Waals surface area contributed by atoms with Gasteiger partial charge >= 0.3 is 0 Å². The van der Waals surface area contributed by atoms with Crippen LogP contribution < -0.4 is 0 Å². The maximum absolute atomic E-state index is 10.8. The Morgan fingerprint density at radius 3 is 3.06 bits per heavy atom. The molecule has 2 aliphatic rings. The zero-order valence-electron chi connectivity index (χ0n) is 10.5. The van der Waals surface area contributed by atoms with Crippen LogP contribution in [0.25, 0.3) is 0 Å². The van der Waals surface area contributed by atoms with Gasteiger partial charge in [0.15, 0.2) is 0 Å². The summed E-state index contributed by atoms with van der Waals surface area (Å²) in [6, 6.07) is 2.72. The molecule has 1 aliphatic heterocycles. The van der Waals surface area contributed by atoms with Crippen molar-refractivity contribution >= 4 is 0 Å². The number of aryl methyl sites for hydroxylation is 1. The fourth-order valence-electron chi connectivity index (χ4n) is 2.90. The molecule has 1 saturated carbocycles. The zero-order chi connectivity index (χ0) is 11.9. The predicted molar refractivity (Wildman–Crippen MR) is 65.6 cm³/mol. The zero-order valence-corrected chi connectivity index (χ0v) is 10.5. The second kappa shape index (κ2) is 4.10. The van der Waals surface area contributed by atoms with Crippen molar-refractivity contribution in [2.24, 2.45) is 0 Å². The summed E-state index contributed by atoms with van der Waals surface area (Å²) in [5.74, 6) is 0. The van der Waals surface area contributed by atoms with E-state index in [1.807, 2.05) is 16.9 Å². The van der Waals surface area contributed by atoms with Gasteiger partial charge in [0.05, 0.1) is 5.69 Å². The molecule has 1 saturated heterocycles. The molecule has 2 fully saturated rings. The van der Waals surface area contributed by atoms with E-state index in [2.05, 4.69) is 16.9 Å². The van der Waals surface area contributed by atoms with Gasteiger partial charge < -0.3 is 5.11 Å². The van der Waals surface area contributed by atoms with E-state index in [9.17, 15) is 5.11 Å². The lowest BCUT2D eigenvalue weighted by atomic mass is 9.99. The van der Waals surface area contributed by atoms with Crippen LogP contribution in [-0.4, -0.2) is 38.9 Å². The molecule has 4 nitrogen and oxygen atoms in total. The van der Waals surface area contributed by atoms with E-state index in [4.69, 9.17) is 0 Å². The second-order valence-electron chi connectivity index (χ2n) is 5.42. The maximum Gasteiger partial charge on any atom is 0.120 e. The second-order valence-corrected chi connectivity index (χ2v) is 5.42. The van der Waals surface area contributed by atoms with Gasteiger partial charge in [0.1, 0.15) is 5.60 Å². The lowest BCUT2D eigenvalue weighted by Gasteiger charge is -2.24. The molecule has 4 heteroatoms. The summed E-state index contributed by atoms with van der Waals surface area (Å²) in [6.07, 6.45) is 6.33. The minimum absolute atomic E-state index is 0.672. The van der Waals surface area contributed by atoms with E-state index < -0.39 is 5.60 Å². The van der Waals surface area contributed by atoms with Crippen LogP contribution in [0.3, 0.4) is 0 Å². The van der Waals surface area contributed by atoms with E-state index in [1.165, 1.54) is 12.8 Å².